The molecule has 48 heavy (non-hydrogen) atoms. The normalized spacial score (nSPS) is 11.8. The van der Waals surface area contributed by atoms with Crippen LogP contribution in [0.5, 0.6) is 0 Å². The number of rotatable bonds is 4. The molecule has 0 N–H and O–H groups in total. The third-order valence-corrected chi connectivity index (χ3v) is 10.1. The summed E-state index contributed by atoms with van der Waals surface area (Å²) in [4.78, 5) is 20.3. The van der Waals surface area contributed by atoms with Crippen molar-refractivity contribution in [2.45, 2.75) is 0 Å². The first-order valence-corrected chi connectivity index (χ1v) is 16.6. The monoisotopic (exact) mass is 632 g/mol. The zero-order valence-electron chi connectivity index (χ0n) is 25.5. The Morgan fingerprint density at radius 1 is 0.479 bits per heavy atom. The molecule has 0 amide bonds. The molecule has 5 nitrogen and oxygen atoms in total. The van der Waals surface area contributed by atoms with Gasteiger partial charge in [-0.15, -0.1) is 11.3 Å². The highest BCUT2D eigenvalue weighted by Crippen LogP contribution is 2.45. The summed E-state index contributed by atoms with van der Waals surface area (Å²) in [7, 11) is 0. The second kappa shape index (κ2) is 10.7. The maximum Gasteiger partial charge on any atom is 0.166 e. The quantitative estimate of drug-likeness (QED) is 0.193. The predicted octanol–water partition coefficient (Wildman–Crippen LogP) is 11.4. The Kier molecular flexibility index (Phi) is 5.98. The van der Waals surface area contributed by atoms with Gasteiger partial charge in [0.15, 0.2) is 23.1 Å². The highest BCUT2D eigenvalue weighted by atomic mass is 32.1. The molecule has 6 heteroatoms. The fourth-order valence-electron chi connectivity index (χ4n) is 6.73. The average Bonchev–Trinajstić information content (AvgIpc) is 3.72. The lowest BCUT2D eigenvalue weighted by molar-refractivity contribution is 0.669. The van der Waals surface area contributed by atoms with Crippen LogP contribution in [0.3, 0.4) is 0 Å². The van der Waals surface area contributed by atoms with Crippen molar-refractivity contribution >= 4 is 64.2 Å². The number of fused-ring (bicyclic) bond motifs is 7. The van der Waals surface area contributed by atoms with E-state index in [1.165, 1.54) is 20.2 Å². The van der Waals surface area contributed by atoms with E-state index in [0.29, 0.717) is 23.1 Å². The van der Waals surface area contributed by atoms with Gasteiger partial charge in [0.05, 0.1) is 0 Å². The third-order valence-electron chi connectivity index (χ3n) is 8.96. The van der Waals surface area contributed by atoms with Crippen LogP contribution < -0.4 is 0 Å². The molecule has 0 radical (unpaired) electrons. The minimum absolute atomic E-state index is 0.543. The molecule has 0 aliphatic heterocycles. The van der Waals surface area contributed by atoms with Crippen LogP contribution in [-0.4, -0.2) is 19.9 Å². The van der Waals surface area contributed by atoms with E-state index in [1.54, 1.807) is 11.3 Å². The predicted molar refractivity (Wildman–Crippen MR) is 197 cm³/mol. The molecule has 0 fully saturated rings. The Hall–Kier alpha value is -6.24. The van der Waals surface area contributed by atoms with Crippen LogP contribution in [-0.2, 0) is 0 Å². The van der Waals surface area contributed by atoms with E-state index >= 15 is 0 Å². The van der Waals surface area contributed by atoms with Gasteiger partial charge in [0.1, 0.15) is 11.3 Å². The molecule has 10 rings (SSSR count). The van der Waals surface area contributed by atoms with Crippen LogP contribution in [0.25, 0.3) is 98.3 Å². The van der Waals surface area contributed by atoms with Crippen molar-refractivity contribution in [1.82, 2.24) is 19.9 Å². The molecule has 224 valence electrons. The molecule has 4 heterocycles. The lowest BCUT2D eigenvalue weighted by Crippen LogP contribution is -2.01. The van der Waals surface area contributed by atoms with Gasteiger partial charge in [0, 0.05) is 59.4 Å². The summed E-state index contributed by atoms with van der Waals surface area (Å²) in [6.07, 6.45) is 1.91. The zero-order chi connectivity index (χ0) is 31.6. The van der Waals surface area contributed by atoms with Crippen LogP contribution in [0.2, 0.25) is 0 Å². The van der Waals surface area contributed by atoms with Crippen molar-refractivity contribution in [3.63, 3.8) is 0 Å². The Morgan fingerprint density at radius 2 is 1.10 bits per heavy atom. The molecule has 6 aromatic carbocycles. The minimum Gasteiger partial charge on any atom is -0.454 e. The molecule has 0 atom stereocenters. The van der Waals surface area contributed by atoms with Gasteiger partial charge in [-0.3, -0.25) is 4.98 Å². The molecule has 0 saturated carbocycles. The number of aromatic nitrogens is 4. The van der Waals surface area contributed by atoms with Crippen molar-refractivity contribution < 1.29 is 4.42 Å². The summed E-state index contributed by atoms with van der Waals surface area (Å²) in [6, 6.07) is 47.8. The van der Waals surface area contributed by atoms with E-state index in [0.717, 1.165) is 55.1 Å². The molecule has 10 aromatic rings. The molecular weight excluding hydrogens is 609 g/mol. The third kappa shape index (κ3) is 4.24. The van der Waals surface area contributed by atoms with Crippen molar-refractivity contribution in [1.29, 1.82) is 0 Å². The van der Waals surface area contributed by atoms with Gasteiger partial charge in [-0.25, -0.2) is 15.0 Å². The van der Waals surface area contributed by atoms with Gasteiger partial charge in [-0.1, -0.05) is 115 Å². The lowest BCUT2D eigenvalue weighted by atomic mass is 9.99. The first kappa shape index (κ1) is 26.9. The van der Waals surface area contributed by atoms with E-state index in [2.05, 4.69) is 78.9 Å². The first-order valence-electron chi connectivity index (χ1n) is 15.8. The average molecular weight is 633 g/mol. The molecular formula is C42H24N4OS. The molecule has 0 aliphatic rings. The van der Waals surface area contributed by atoms with Crippen LogP contribution in [0, 0.1) is 0 Å². The van der Waals surface area contributed by atoms with E-state index in [9.17, 15) is 0 Å². The Bertz CT molecular complexity index is 2780. The van der Waals surface area contributed by atoms with Crippen molar-refractivity contribution in [3.05, 3.63) is 146 Å². The standard InChI is InChI=1S/C42H24N4OS/c1-3-12-25(13-4-1)40-44-41(26-14-5-2-6-15-26)46-42(45-40)32-24-43-38(30-19-11-21-35-36(30)29-18-9-10-20-34(29)48-35)39-37(32)31-22-27-16-7-8-17-28(27)23-33(31)47-39/h1-24H. The van der Waals surface area contributed by atoms with Crippen LogP contribution >= 0.6 is 11.3 Å². The van der Waals surface area contributed by atoms with Crippen LogP contribution in [0.4, 0.5) is 0 Å². The van der Waals surface area contributed by atoms with Gasteiger partial charge >= 0.3 is 0 Å². The summed E-state index contributed by atoms with van der Waals surface area (Å²) >= 11 is 1.80. The van der Waals surface area contributed by atoms with Crippen LogP contribution in [0.1, 0.15) is 0 Å². The molecule has 0 unspecified atom stereocenters. The molecule has 4 aromatic heterocycles. The second-order valence-electron chi connectivity index (χ2n) is 11.8. The van der Waals surface area contributed by atoms with Crippen molar-refractivity contribution in [2.75, 3.05) is 0 Å². The summed E-state index contributed by atoms with van der Waals surface area (Å²) in [5.41, 5.74) is 5.96. The van der Waals surface area contributed by atoms with Gasteiger partial charge in [0.25, 0.3) is 0 Å². The van der Waals surface area contributed by atoms with E-state index in [1.807, 2.05) is 66.9 Å². The Morgan fingerprint density at radius 3 is 1.85 bits per heavy atom. The number of benzene rings is 6. The summed E-state index contributed by atoms with van der Waals surface area (Å²) in [5, 5.41) is 6.57. The zero-order valence-corrected chi connectivity index (χ0v) is 26.3. The van der Waals surface area contributed by atoms with Crippen molar-refractivity contribution in [3.8, 4) is 45.4 Å². The number of hydrogen-bond donors (Lipinski definition) is 0. The first-order chi connectivity index (χ1) is 23.8. The fourth-order valence-corrected chi connectivity index (χ4v) is 7.86. The summed E-state index contributed by atoms with van der Waals surface area (Å²) < 4.78 is 9.31. The van der Waals surface area contributed by atoms with Crippen molar-refractivity contribution in [2.24, 2.45) is 0 Å². The minimum atomic E-state index is 0.543. The lowest BCUT2D eigenvalue weighted by Gasteiger charge is -2.11. The number of pyridine rings is 1. The SMILES string of the molecule is c1ccc(-c2nc(-c3ccccc3)nc(-c3cnc(-c4cccc5sc6ccccc6c45)c4oc5cc6ccccc6cc5c34)n2)cc1. The smallest absolute Gasteiger partial charge is 0.166 e. The summed E-state index contributed by atoms with van der Waals surface area (Å²) in [5.74, 6) is 1.75. The van der Waals surface area contributed by atoms with Gasteiger partial charge in [0.2, 0.25) is 0 Å². The van der Waals surface area contributed by atoms with Gasteiger partial charge < -0.3 is 4.42 Å². The highest BCUT2D eigenvalue weighted by molar-refractivity contribution is 7.25. The van der Waals surface area contributed by atoms with Gasteiger partial charge in [-0.05, 0) is 35.0 Å². The van der Waals surface area contributed by atoms with E-state index in [4.69, 9.17) is 24.4 Å². The highest BCUT2D eigenvalue weighted by Gasteiger charge is 2.23. The van der Waals surface area contributed by atoms with E-state index in [-0.39, 0.29) is 0 Å². The molecule has 0 aliphatic carbocycles. The fraction of sp³-hybridized carbons (Fsp3) is 0. The summed E-state index contributed by atoms with van der Waals surface area (Å²) in [6.45, 7) is 0. The molecule has 0 saturated heterocycles. The molecule has 0 spiro atoms. The maximum atomic E-state index is 6.85. The Labute approximate surface area is 278 Å². The van der Waals surface area contributed by atoms with Gasteiger partial charge in [-0.2, -0.15) is 0 Å². The van der Waals surface area contributed by atoms with Crippen LogP contribution in [0.15, 0.2) is 150 Å². The number of furan rings is 1. The largest absolute Gasteiger partial charge is 0.454 e. The number of thiophene rings is 1. The Balaban J connectivity index is 1.31. The topological polar surface area (TPSA) is 64.7 Å². The maximum absolute atomic E-state index is 6.85. The number of hydrogen-bond acceptors (Lipinski definition) is 6. The van der Waals surface area contributed by atoms with E-state index < -0.39 is 0 Å². The second-order valence-corrected chi connectivity index (χ2v) is 12.9. The molecule has 0 bridgehead atoms. The number of nitrogens with zero attached hydrogens (tertiary/aromatic N) is 4.